The van der Waals surface area contributed by atoms with Gasteiger partial charge in [0.2, 0.25) is 0 Å². The van der Waals surface area contributed by atoms with Crippen LogP contribution in [-0.4, -0.2) is 15.7 Å². The van der Waals surface area contributed by atoms with Gasteiger partial charge in [-0.15, -0.1) is 0 Å². The van der Waals surface area contributed by atoms with Crippen LogP contribution in [0.15, 0.2) is 36.4 Å². The number of hydrazine groups is 1. The number of hydrogen-bond donors (Lipinski definition) is 2. The number of hydrogen-bond acceptors (Lipinski definition) is 3. The van der Waals surface area contributed by atoms with Crippen molar-refractivity contribution in [2.45, 2.75) is 45.1 Å². The fourth-order valence-corrected chi connectivity index (χ4v) is 2.37. The van der Waals surface area contributed by atoms with Gasteiger partial charge < -0.3 is 0 Å². The van der Waals surface area contributed by atoms with Crippen molar-refractivity contribution in [1.82, 2.24) is 15.2 Å². The Morgan fingerprint density at radius 2 is 1.91 bits per heavy atom. The van der Waals surface area contributed by atoms with Gasteiger partial charge in [0.15, 0.2) is 0 Å². The van der Waals surface area contributed by atoms with E-state index in [0.29, 0.717) is 11.6 Å². The molecule has 0 aliphatic heterocycles. The molecule has 1 heterocycles. The molecule has 0 saturated heterocycles. The molecule has 1 amide bonds. The van der Waals surface area contributed by atoms with Crippen LogP contribution in [0.2, 0.25) is 0 Å². The molecule has 5 nitrogen and oxygen atoms in total. The molecule has 116 valence electrons. The number of aromatic nitrogens is 2. The topological polar surface area (TPSA) is 59.0 Å². The van der Waals surface area contributed by atoms with Crippen molar-refractivity contribution < 1.29 is 4.79 Å². The van der Waals surface area contributed by atoms with Crippen molar-refractivity contribution in [3.63, 3.8) is 0 Å². The zero-order valence-corrected chi connectivity index (χ0v) is 13.3. The molecule has 0 radical (unpaired) electrons. The lowest BCUT2D eigenvalue weighted by molar-refractivity contribution is 0.0944. The standard InChI is InChI=1S/C17H22N4O/c1-17(2,3)21-15(11-14(20-21)12-9-10-12)16(22)19-18-13-7-5-4-6-8-13/h4-8,11-12,18H,9-10H2,1-3H3,(H,19,22). The third-order valence-corrected chi connectivity index (χ3v) is 3.69. The highest BCUT2D eigenvalue weighted by molar-refractivity contribution is 5.93. The summed E-state index contributed by atoms with van der Waals surface area (Å²) in [5.41, 5.74) is 7.93. The van der Waals surface area contributed by atoms with Gasteiger partial charge in [-0.1, -0.05) is 18.2 Å². The minimum Gasteiger partial charge on any atom is -0.298 e. The van der Waals surface area contributed by atoms with Crippen LogP contribution in [0.25, 0.3) is 0 Å². The zero-order chi connectivity index (χ0) is 15.7. The van der Waals surface area contributed by atoms with Crippen LogP contribution in [0, 0.1) is 0 Å². The third-order valence-electron chi connectivity index (χ3n) is 3.69. The van der Waals surface area contributed by atoms with Crippen LogP contribution in [0.1, 0.15) is 55.7 Å². The predicted octanol–water partition coefficient (Wildman–Crippen LogP) is 3.27. The fourth-order valence-electron chi connectivity index (χ4n) is 2.37. The molecule has 1 aliphatic rings. The Bertz CT molecular complexity index is 666. The Morgan fingerprint density at radius 3 is 2.50 bits per heavy atom. The van der Waals surface area contributed by atoms with Gasteiger partial charge in [0.25, 0.3) is 5.91 Å². The highest BCUT2D eigenvalue weighted by Crippen LogP contribution is 2.40. The van der Waals surface area contributed by atoms with Crippen LogP contribution < -0.4 is 10.9 Å². The first-order valence-electron chi connectivity index (χ1n) is 7.67. The van der Waals surface area contributed by atoms with Crippen molar-refractivity contribution in [2.24, 2.45) is 0 Å². The van der Waals surface area contributed by atoms with Crippen LogP contribution in [-0.2, 0) is 5.54 Å². The highest BCUT2D eigenvalue weighted by Gasteiger charge is 2.31. The van der Waals surface area contributed by atoms with Crippen molar-refractivity contribution >= 4 is 11.6 Å². The number of rotatable bonds is 4. The Hall–Kier alpha value is -2.30. The Morgan fingerprint density at radius 1 is 1.23 bits per heavy atom. The molecular weight excluding hydrogens is 276 g/mol. The highest BCUT2D eigenvalue weighted by atomic mass is 16.2. The molecule has 5 heteroatoms. The summed E-state index contributed by atoms with van der Waals surface area (Å²) in [4.78, 5) is 12.5. The largest absolute Gasteiger partial charge is 0.298 e. The second kappa shape index (κ2) is 5.48. The molecule has 0 bridgehead atoms. The Labute approximate surface area is 130 Å². The second-order valence-corrected chi connectivity index (χ2v) is 6.76. The minimum atomic E-state index is -0.230. The van der Waals surface area contributed by atoms with Crippen LogP contribution in [0.4, 0.5) is 5.69 Å². The second-order valence-electron chi connectivity index (χ2n) is 6.76. The lowest BCUT2D eigenvalue weighted by Gasteiger charge is -2.22. The summed E-state index contributed by atoms with van der Waals surface area (Å²) in [6.07, 6.45) is 2.34. The Kier molecular flexibility index (Phi) is 3.64. The normalized spacial score (nSPS) is 14.7. The number of benzene rings is 1. The minimum absolute atomic E-state index is 0.168. The number of anilines is 1. The van der Waals surface area contributed by atoms with Gasteiger partial charge >= 0.3 is 0 Å². The summed E-state index contributed by atoms with van der Waals surface area (Å²) < 4.78 is 1.82. The monoisotopic (exact) mass is 298 g/mol. The first kappa shape index (κ1) is 14.6. The van der Waals surface area contributed by atoms with Crippen molar-refractivity contribution in [2.75, 3.05) is 5.43 Å². The number of nitrogens with zero attached hydrogens (tertiary/aromatic N) is 2. The molecule has 3 rings (SSSR count). The number of para-hydroxylation sites is 1. The van der Waals surface area contributed by atoms with E-state index in [1.165, 1.54) is 12.8 Å². The molecule has 22 heavy (non-hydrogen) atoms. The number of carbonyl (C=O) groups is 1. The van der Waals surface area contributed by atoms with E-state index in [1.54, 1.807) is 0 Å². The van der Waals surface area contributed by atoms with E-state index in [0.717, 1.165) is 11.4 Å². The summed E-state index contributed by atoms with van der Waals surface area (Å²) in [6, 6.07) is 11.5. The molecule has 1 aromatic heterocycles. The van der Waals surface area contributed by atoms with Gasteiger partial charge in [0.05, 0.1) is 16.9 Å². The summed E-state index contributed by atoms with van der Waals surface area (Å²) in [5.74, 6) is 0.357. The summed E-state index contributed by atoms with van der Waals surface area (Å²) in [7, 11) is 0. The maximum Gasteiger partial charge on any atom is 0.287 e. The average molecular weight is 298 g/mol. The molecule has 1 aliphatic carbocycles. The van der Waals surface area contributed by atoms with Crippen molar-refractivity contribution in [1.29, 1.82) is 0 Å². The van der Waals surface area contributed by atoms with E-state index in [-0.39, 0.29) is 11.4 Å². The number of nitrogens with one attached hydrogen (secondary N) is 2. The maximum absolute atomic E-state index is 12.5. The molecule has 1 saturated carbocycles. The molecule has 2 N–H and O–H groups in total. The van der Waals surface area contributed by atoms with Crippen molar-refractivity contribution in [3.8, 4) is 0 Å². The SMILES string of the molecule is CC(C)(C)n1nc(C2CC2)cc1C(=O)NNc1ccccc1. The lowest BCUT2D eigenvalue weighted by atomic mass is 10.1. The van der Waals surface area contributed by atoms with E-state index in [2.05, 4.69) is 36.7 Å². The first-order chi connectivity index (χ1) is 10.4. The molecule has 0 unspecified atom stereocenters. The molecule has 0 spiro atoms. The summed E-state index contributed by atoms with van der Waals surface area (Å²) in [5, 5.41) is 4.65. The fraction of sp³-hybridized carbons (Fsp3) is 0.412. The predicted molar refractivity (Wildman–Crippen MR) is 86.7 cm³/mol. The number of carbonyl (C=O) groups excluding carboxylic acids is 1. The van der Waals surface area contributed by atoms with E-state index in [4.69, 9.17) is 0 Å². The van der Waals surface area contributed by atoms with Gasteiger partial charge in [0.1, 0.15) is 5.69 Å². The van der Waals surface area contributed by atoms with Crippen molar-refractivity contribution in [3.05, 3.63) is 47.8 Å². The van der Waals surface area contributed by atoms with Gasteiger partial charge in [0, 0.05) is 5.92 Å². The van der Waals surface area contributed by atoms with Crippen LogP contribution in [0.3, 0.4) is 0 Å². The number of amides is 1. The zero-order valence-electron chi connectivity index (χ0n) is 13.3. The molecule has 1 fully saturated rings. The molecule has 0 atom stereocenters. The van der Waals surface area contributed by atoms with E-state index >= 15 is 0 Å². The molecule has 2 aromatic rings. The molecule has 1 aromatic carbocycles. The van der Waals surface area contributed by atoms with Crippen LogP contribution in [0.5, 0.6) is 0 Å². The van der Waals surface area contributed by atoms with Gasteiger partial charge in [-0.3, -0.25) is 20.3 Å². The van der Waals surface area contributed by atoms with E-state index in [9.17, 15) is 4.79 Å². The lowest BCUT2D eigenvalue weighted by Crippen LogP contribution is -2.35. The third kappa shape index (κ3) is 3.13. The maximum atomic E-state index is 12.5. The van der Waals surface area contributed by atoms with E-state index < -0.39 is 0 Å². The summed E-state index contributed by atoms with van der Waals surface area (Å²) in [6.45, 7) is 6.16. The van der Waals surface area contributed by atoms with Gasteiger partial charge in [-0.05, 0) is 51.8 Å². The first-order valence-corrected chi connectivity index (χ1v) is 7.67. The van der Waals surface area contributed by atoms with Gasteiger partial charge in [-0.2, -0.15) is 5.10 Å². The molecular formula is C17H22N4O. The quantitative estimate of drug-likeness (QED) is 0.852. The average Bonchev–Trinajstić information content (AvgIpc) is 3.23. The smallest absolute Gasteiger partial charge is 0.287 e. The van der Waals surface area contributed by atoms with E-state index in [1.807, 2.05) is 41.1 Å². The van der Waals surface area contributed by atoms with Gasteiger partial charge in [-0.25, -0.2) is 0 Å². The Balaban J connectivity index is 1.79. The van der Waals surface area contributed by atoms with Crippen LogP contribution >= 0.6 is 0 Å². The summed E-state index contributed by atoms with van der Waals surface area (Å²) >= 11 is 0.